The first-order valence-corrected chi connectivity index (χ1v) is 8.70. The lowest BCUT2D eigenvalue weighted by Gasteiger charge is -2.28. The fraction of sp³-hybridized carbons (Fsp3) is 0.238. The molecule has 4 nitrogen and oxygen atoms in total. The lowest BCUT2D eigenvalue weighted by atomic mass is 9.88. The Morgan fingerprint density at radius 3 is 2.32 bits per heavy atom. The first-order valence-electron chi connectivity index (χ1n) is 8.70. The van der Waals surface area contributed by atoms with Gasteiger partial charge < -0.3 is 9.88 Å². The Kier molecular flexibility index (Phi) is 4.34. The van der Waals surface area contributed by atoms with Crippen molar-refractivity contribution in [3.8, 4) is 0 Å². The number of fused-ring (bicyclic) bond motifs is 1. The highest BCUT2D eigenvalue weighted by Gasteiger charge is 2.25. The molecule has 0 saturated carbocycles. The minimum absolute atomic E-state index is 0.0815. The summed E-state index contributed by atoms with van der Waals surface area (Å²) in [6, 6.07) is 20.6. The molecule has 4 heteroatoms. The van der Waals surface area contributed by atoms with Crippen LogP contribution in [0.15, 0.2) is 67.0 Å². The molecule has 2 heterocycles. The van der Waals surface area contributed by atoms with Gasteiger partial charge in [-0.3, -0.25) is 4.79 Å². The molecule has 25 heavy (non-hydrogen) atoms. The summed E-state index contributed by atoms with van der Waals surface area (Å²) in [6.45, 7) is 1.37. The fourth-order valence-corrected chi connectivity index (χ4v) is 3.53. The first-order chi connectivity index (χ1) is 12.3. The van der Waals surface area contributed by atoms with E-state index in [1.165, 1.54) is 11.1 Å². The van der Waals surface area contributed by atoms with Gasteiger partial charge in [-0.1, -0.05) is 60.7 Å². The average molecular weight is 331 g/mol. The summed E-state index contributed by atoms with van der Waals surface area (Å²) in [7, 11) is 0. The summed E-state index contributed by atoms with van der Waals surface area (Å²) in [4.78, 5) is 22.4. The van der Waals surface area contributed by atoms with E-state index in [0.29, 0.717) is 13.0 Å². The van der Waals surface area contributed by atoms with Crippen molar-refractivity contribution in [1.29, 1.82) is 0 Å². The van der Waals surface area contributed by atoms with Gasteiger partial charge in [0.25, 0.3) is 0 Å². The van der Waals surface area contributed by atoms with E-state index in [-0.39, 0.29) is 11.8 Å². The van der Waals surface area contributed by atoms with E-state index in [1.54, 1.807) is 6.33 Å². The number of benzene rings is 2. The Labute approximate surface area is 147 Å². The molecule has 1 amide bonds. The molecule has 0 radical (unpaired) electrons. The third kappa shape index (κ3) is 3.33. The molecule has 0 fully saturated rings. The number of hydrogen-bond acceptors (Lipinski definition) is 2. The maximum absolute atomic E-state index is 13.0. The number of H-pyrrole nitrogens is 1. The van der Waals surface area contributed by atoms with Gasteiger partial charge in [-0.05, 0) is 11.1 Å². The van der Waals surface area contributed by atoms with Crippen LogP contribution in [0.1, 0.15) is 34.9 Å². The molecule has 2 aromatic carbocycles. The number of hydrogen-bond donors (Lipinski definition) is 1. The second-order valence-electron chi connectivity index (χ2n) is 6.47. The largest absolute Gasteiger partial charge is 0.347 e. The Hall–Kier alpha value is -2.88. The van der Waals surface area contributed by atoms with Crippen molar-refractivity contribution < 1.29 is 4.79 Å². The highest BCUT2D eigenvalue weighted by atomic mass is 16.2. The van der Waals surface area contributed by atoms with Crippen LogP contribution >= 0.6 is 0 Å². The molecule has 1 N–H and O–H groups in total. The van der Waals surface area contributed by atoms with Crippen molar-refractivity contribution in [3.05, 3.63) is 89.5 Å². The van der Waals surface area contributed by atoms with Crippen LogP contribution in [0, 0.1) is 0 Å². The van der Waals surface area contributed by atoms with Gasteiger partial charge in [0.15, 0.2) is 0 Å². The summed E-state index contributed by atoms with van der Waals surface area (Å²) in [6.07, 6.45) is 3.03. The average Bonchev–Trinajstić information content (AvgIpc) is 3.15. The smallest absolute Gasteiger partial charge is 0.223 e. The van der Waals surface area contributed by atoms with Crippen LogP contribution in [0.5, 0.6) is 0 Å². The quantitative estimate of drug-likeness (QED) is 0.795. The van der Waals surface area contributed by atoms with Crippen molar-refractivity contribution in [3.63, 3.8) is 0 Å². The molecular weight excluding hydrogens is 310 g/mol. The first kappa shape index (κ1) is 15.6. The van der Waals surface area contributed by atoms with Crippen molar-refractivity contribution >= 4 is 5.91 Å². The zero-order chi connectivity index (χ0) is 17.1. The molecule has 0 unspecified atom stereocenters. The van der Waals surface area contributed by atoms with E-state index in [4.69, 9.17) is 0 Å². The monoisotopic (exact) mass is 331 g/mol. The standard InChI is InChI=1S/C21H21N3O/c25-21(24-12-11-19-20(14-24)23-15-22-19)13-18(16-7-3-1-4-8-16)17-9-5-2-6-10-17/h1-10,15,18H,11-14H2,(H,22,23). The predicted molar refractivity (Wildman–Crippen MR) is 97.1 cm³/mol. The highest BCUT2D eigenvalue weighted by Crippen LogP contribution is 2.29. The minimum atomic E-state index is 0.0815. The number of aromatic nitrogens is 2. The van der Waals surface area contributed by atoms with Crippen molar-refractivity contribution in [1.82, 2.24) is 14.9 Å². The zero-order valence-electron chi connectivity index (χ0n) is 14.1. The van der Waals surface area contributed by atoms with Gasteiger partial charge >= 0.3 is 0 Å². The molecule has 1 aromatic heterocycles. The molecular formula is C21H21N3O. The van der Waals surface area contributed by atoms with Crippen LogP contribution in [0.25, 0.3) is 0 Å². The molecule has 0 spiro atoms. The number of nitrogens with zero attached hydrogens (tertiary/aromatic N) is 2. The lowest BCUT2D eigenvalue weighted by molar-refractivity contribution is -0.132. The molecule has 0 bridgehead atoms. The Morgan fingerprint density at radius 1 is 1.04 bits per heavy atom. The number of carbonyl (C=O) groups is 1. The topological polar surface area (TPSA) is 49.0 Å². The zero-order valence-corrected chi connectivity index (χ0v) is 14.1. The molecule has 1 aliphatic heterocycles. The summed E-state index contributed by atoms with van der Waals surface area (Å²) < 4.78 is 0. The van der Waals surface area contributed by atoms with Gasteiger partial charge in [0.2, 0.25) is 5.91 Å². The third-order valence-electron chi connectivity index (χ3n) is 4.91. The van der Waals surface area contributed by atoms with Gasteiger partial charge in [0.1, 0.15) is 0 Å². The van der Waals surface area contributed by atoms with Crippen LogP contribution in [0.3, 0.4) is 0 Å². The van der Waals surface area contributed by atoms with E-state index in [9.17, 15) is 4.79 Å². The predicted octanol–water partition coefficient (Wildman–Crippen LogP) is 3.52. The second kappa shape index (κ2) is 6.93. The summed E-state index contributed by atoms with van der Waals surface area (Å²) in [5.74, 6) is 0.274. The van der Waals surface area contributed by atoms with E-state index in [0.717, 1.165) is 24.4 Å². The maximum Gasteiger partial charge on any atom is 0.223 e. The fourth-order valence-electron chi connectivity index (χ4n) is 3.53. The van der Waals surface area contributed by atoms with Crippen LogP contribution in [0.4, 0.5) is 0 Å². The summed E-state index contributed by atoms with van der Waals surface area (Å²) in [5.41, 5.74) is 4.52. The second-order valence-corrected chi connectivity index (χ2v) is 6.47. The molecule has 0 aliphatic carbocycles. The van der Waals surface area contributed by atoms with Crippen molar-refractivity contribution in [2.24, 2.45) is 0 Å². The van der Waals surface area contributed by atoms with Gasteiger partial charge in [0, 0.05) is 25.3 Å². The lowest BCUT2D eigenvalue weighted by Crippen LogP contribution is -2.36. The van der Waals surface area contributed by atoms with Crippen LogP contribution in [-0.2, 0) is 17.8 Å². The number of nitrogens with one attached hydrogen (secondary N) is 1. The number of aromatic amines is 1. The van der Waals surface area contributed by atoms with Crippen molar-refractivity contribution in [2.75, 3.05) is 6.54 Å². The third-order valence-corrected chi connectivity index (χ3v) is 4.91. The summed E-state index contributed by atoms with van der Waals surface area (Å²) in [5, 5.41) is 0. The number of carbonyl (C=O) groups excluding carboxylic acids is 1. The summed E-state index contributed by atoms with van der Waals surface area (Å²) >= 11 is 0. The Morgan fingerprint density at radius 2 is 1.68 bits per heavy atom. The maximum atomic E-state index is 13.0. The number of imidazole rings is 1. The molecule has 126 valence electrons. The van der Waals surface area contributed by atoms with Crippen LogP contribution in [-0.4, -0.2) is 27.3 Å². The van der Waals surface area contributed by atoms with E-state index in [1.807, 2.05) is 41.3 Å². The van der Waals surface area contributed by atoms with E-state index in [2.05, 4.69) is 34.2 Å². The van der Waals surface area contributed by atoms with Gasteiger partial charge in [-0.15, -0.1) is 0 Å². The molecule has 1 aliphatic rings. The molecule has 3 aromatic rings. The van der Waals surface area contributed by atoms with Crippen molar-refractivity contribution in [2.45, 2.75) is 25.3 Å². The van der Waals surface area contributed by atoms with Gasteiger partial charge in [-0.2, -0.15) is 0 Å². The van der Waals surface area contributed by atoms with E-state index >= 15 is 0 Å². The van der Waals surface area contributed by atoms with Gasteiger partial charge in [-0.25, -0.2) is 4.98 Å². The Bertz CT molecular complexity index is 802. The van der Waals surface area contributed by atoms with E-state index < -0.39 is 0 Å². The highest BCUT2D eigenvalue weighted by molar-refractivity contribution is 5.78. The Balaban J connectivity index is 1.56. The SMILES string of the molecule is O=C(CC(c1ccccc1)c1ccccc1)N1CCc2nc[nH]c2C1. The molecule has 0 atom stereocenters. The molecule has 4 rings (SSSR count). The number of amides is 1. The van der Waals surface area contributed by atoms with Crippen LogP contribution in [0.2, 0.25) is 0 Å². The molecule has 0 saturated heterocycles. The van der Waals surface area contributed by atoms with Crippen LogP contribution < -0.4 is 0 Å². The normalized spacial score (nSPS) is 13.7. The minimum Gasteiger partial charge on any atom is -0.347 e. The van der Waals surface area contributed by atoms with Gasteiger partial charge in [0.05, 0.1) is 24.3 Å². The number of rotatable bonds is 4.